The number of nitrogens with zero attached hydrogens (tertiary/aromatic N) is 1. The molecule has 0 amide bonds. The molecule has 0 aliphatic carbocycles. The second kappa shape index (κ2) is 5.22. The van der Waals surface area contributed by atoms with E-state index in [1.807, 2.05) is 18.2 Å². The Morgan fingerprint density at radius 1 is 1.27 bits per heavy atom. The van der Waals surface area contributed by atoms with Gasteiger partial charge >= 0.3 is 0 Å². The fourth-order valence-corrected chi connectivity index (χ4v) is 1.86. The van der Waals surface area contributed by atoms with Crippen molar-refractivity contribution >= 4 is 10.2 Å². The molecule has 0 unspecified atom stereocenters. The molecular formula is C9H14N2O3S. The summed E-state index contributed by atoms with van der Waals surface area (Å²) in [5.41, 5.74) is 0.833. The molecule has 6 heteroatoms. The molecule has 15 heavy (non-hydrogen) atoms. The van der Waals surface area contributed by atoms with Crippen molar-refractivity contribution in [2.45, 2.75) is 6.54 Å². The zero-order chi connectivity index (χ0) is 11.3. The highest BCUT2D eigenvalue weighted by Crippen LogP contribution is 2.05. The average Bonchev–Trinajstić information content (AvgIpc) is 2.17. The monoisotopic (exact) mass is 230 g/mol. The van der Waals surface area contributed by atoms with Crippen LogP contribution >= 0.6 is 0 Å². The van der Waals surface area contributed by atoms with Gasteiger partial charge in [-0.1, -0.05) is 30.3 Å². The summed E-state index contributed by atoms with van der Waals surface area (Å²) < 4.78 is 23.3. The summed E-state index contributed by atoms with van der Waals surface area (Å²) in [7, 11) is -3.75. The lowest BCUT2D eigenvalue weighted by Crippen LogP contribution is -2.38. The molecule has 84 valence electrons. The first-order chi connectivity index (χ1) is 7.04. The molecule has 0 heterocycles. The molecule has 0 aliphatic heterocycles. The Bertz CT molecular complexity index is 391. The zero-order valence-corrected chi connectivity index (χ0v) is 9.02. The number of nitrogens with two attached hydrogens (primary N) is 1. The lowest BCUT2D eigenvalue weighted by Gasteiger charge is -2.17. The van der Waals surface area contributed by atoms with Gasteiger partial charge in [0.05, 0.1) is 6.61 Å². The zero-order valence-electron chi connectivity index (χ0n) is 8.20. The van der Waals surface area contributed by atoms with Crippen molar-refractivity contribution in [1.29, 1.82) is 0 Å². The number of hydrogen-bond donors (Lipinski definition) is 2. The smallest absolute Gasteiger partial charge is 0.277 e. The first-order valence-electron chi connectivity index (χ1n) is 4.46. The lowest BCUT2D eigenvalue weighted by molar-refractivity contribution is 0.251. The summed E-state index contributed by atoms with van der Waals surface area (Å²) in [4.78, 5) is 0. The summed E-state index contributed by atoms with van der Waals surface area (Å²) in [5.74, 6) is 0. The molecule has 0 fully saturated rings. The van der Waals surface area contributed by atoms with Crippen LogP contribution in [-0.4, -0.2) is 31.0 Å². The van der Waals surface area contributed by atoms with Crippen LogP contribution in [-0.2, 0) is 16.8 Å². The normalized spacial score (nSPS) is 11.9. The van der Waals surface area contributed by atoms with Gasteiger partial charge < -0.3 is 5.11 Å². The van der Waals surface area contributed by atoms with Crippen molar-refractivity contribution in [3.05, 3.63) is 35.9 Å². The van der Waals surface area contributed by atoms with E-state index in [9.17, 15) is 8.42 Å². The molecular weight excluding hydrogens is 216 g/mol. The Morgan fingerprint density at radius 2 is 1.87 bits per heavy atom. The van der Waals surface area contributed by atoms with E-state index < -0.39 is 10.2 Å². The number of rotatable bonds is 5. The predicted octanol–water partition coefficient (Wildman–Crippen LogP) is -0.316. The molecule has 0 spiro atoms. The standard InChI is InChI=1S/C9H14N2O3S/c10-15(13,14)11(6-7-12)8-9-4-2-1-3-5-9/h1-5,12H,6-8H2,(H2,10,13,14). The van der Waals surface area contributed by atoms with Crippen LogP contribution in [0.15, 0.2) is 30.3 Å². The molecule has 0 bridgehead atoms. The van der Waals surface area contributed by atoms with E-state index in [4.69, 9.17) is 10.2 Å². The molecule has 0 saturated carbocycles. The SMILES string of the molecule is NS(=O)(=O)N(CCO)Cc1ccccc1. The highest BCUT2D eigenvalue weighted by molar-refractivity contribution is 7.86. The van der Waals surface area contributed by atoms with E-state index in [0.717, 1.165) is 9.87 Å². The number of hydrogen-bond acceptors (Lipinski definition) is 3. The Labute approximate surface area is 89.3 Å². The van der Waals surface area contributed by atoms with Crippen LogP contribution in [0.1, 0.15) is 5.56 Å². The quantitative estimate of drug-likeness (QED) is 0.727. The molecule has 5 nitrogen and oxygen atoms in total. The Hall–Kier alpha value is -0.950. The van der Waals surface area contributed by atoms with Gasteiger partial charge in [-0.25, -0.2) is 5.14 Å². The minimum atomic E-state index is -3.75. The van der Waals surface area contributed by atoms with E-state index >= 15 is 0 Å². The third-order valence-corrected chi connectivity index (χ3v) is 2.94. The minimum absolute atomic E-state index is 0.00767. The second-order valence-electron chi connectivity index (χ2n) is 3.09. The Morgan fingerprint density at radius 3 is 2.33 bits per heavy atom. The van der Waals surface area contributed by atoms with Crippen LogP contribution in [0.5, 0.6) is 0 Å². The summed E-state index contributed by atoms with van der Waals surface area (Å²) in [6.07, 6.45) is 0. The molecule has 1 aromatic carbocycles. The molecule has 0 radical (unpaired) electrons. The maximum atomic E-state index is 11.1. The Balaban J connectivity index is 2.76. The van der Waals surface area contributed by atoms with Crippen LogP contribution in [0.3, 0.4) is 0 Å². The largest absolute Gasteiger partial charge is 0.395 e. The van der Waals surface area contributed by atoms with Crippen LogP contribution in [0.4, 0.5) is 0 Å². The number of benzene rings is 1. The van der Waals surface area contributed by atoms with Gasteiger partial charge in [-0.15, -0.1) is 0 Å². The highest BCUT2D eigenvalue weighted by atomic mass is 32.2. The molecule has 0 aromatic heterocycles. The molecule has 3 N–H and O–H groups in total. The maximum absolute atomic E-state index is 11.1. The second-order valence-corrected chi connectivity index (χ2v) is 4.63. The number of aliphatic hydroxyl groups is 1. The van der Waals surface area contributed by atoms with E-state index in [1.165, 1.54) is 0 Å². The molecule has 0 aliphatic rings. The van der Waals surface area contributed by atoms with Crippen molar-refractivity contribution in [2.75, 3.05) is 13.2 Å². The number of aliphatic hydroxyl groups excluding tert-OH is 1. The third kappa shape index (κ3) is 3.96. The van der Waals surface area contributed by atoms with E-state index in [1.54, 1.807) is 12.1 Å². The maximum Gasteiger partial charge on any atom is 0.277 e. The summed E-state index contributed by atoms with van der Waals surface area (Å²) in [6.45, 7) is -0.0583. The van der Waals surface area contributed by atoms with Crippen molar-refractivity contribution < 1.29 is 13.5 Å². The average molecular weight is 230 g/mol. The van der Waals surface area contributed by atoms with Crippen LogP contribution < -0.4 is 5.14 Å². The first kappa shape index (κ1) is 12.1. The van der Waals surface area contributed by atoms with Crippen LogP contribution in [0, 0.1) is 0 Å². The van der Waals surface area contributed by atoms with Gasteiger partial charge in [0.2, 0.25) is 0 Å². The minimum Gasteiger partial charge on any atom is -0.395 e. The fraction of sp³-hybridized carbons (Fsp3) is 0.333. The van der Waals surface area contributed by atoms with E-state index in [-0.39, 0.29) is 19.7 Å². The van der Waals surface area contributed by atoms with Crippen molar-refractivity contribution in [3.8, 4) is 0 Å². The van der Waals surface area contributed by atoms with Gasteiger partial charge in [0.1, 0.15) is 0 Å². The predicted molar refractivity (Wildman–Crippen MR) is 57.0 cm³/mol. The van der Waals surface area contributed by atoms with Gasteiger partial charge in [0.15, 0.2) is 0 Å². The summed E-state index contributed by atoms with van der Waals surface area (Å²) in [6, 6.07) is 9.08. The van der Waals surface area contributed by atoms with E-state index in [2.05, 4.69) is 0 Å². The van der Waals surface area contributed by atoms with Crippen LogP contribution in [0.2, 0.25) is 0 Å². The van der Waals surface area contributed by atoms with Crippen molar-refractivity contribution in [3.63, 3.8) is 0 Å². The molecule has 1 aromatic rings. The lowest BCUT2D eigenvalue weighted by atomic mass is 10.2. The molecule has 1 rings (SSSR count). The fourth-order valence-electron chi connectivity index (χ4n) is 1.19. The first-order valence-corrected chi connectivity index (χ1v) is 5.97. The van der Waals surface area contributed by atoms with Crippen molar-refractivity contribution in [1.82, 2.24) is 4.31 Å². The van der Waals surface area contributed by atoms with Crippen molar-refractivity contribution in [2.24, 2.45) is 5.14 Å². The van der Waals surface area contributed by atoms with Crippen LogP contribution in [0.25, 0.3) is 0 Å². The van der Waals surface area contributed by atoms with Gasteiger partial charge in [-0.2, -0.15) is 12.7 Å². The Kier molecular flexibility index (Phi) is 4.22. The topological polar surface area (TPSA) is 83.6 Å². The van der Waals surface area contributed by atoms with Gasteiger partial charge in [-0.05, 0) is 5.56 Å². The third-order valence-electron chi connectivity index (χ3n) is 1.91. The molecule has 0 atom stereocenters. The highest BCUT2D eigenvalue weighted by Gasteiger charge is 2.16. The van der Waals surface area contributed by atoms with Gasteiger partial charge in [0.25, 0.3) is 10.2 Å². The summed E-state index contributed by atoms with van der Waals surface area (Å²) >= 11 is 0. The van der Waals surface area contributed by atoms with E-state index in [0.29, 0.717) is 0 Å². The summed E-state index contributed by atoms with van der Waals surface area (Å²) in [5, 5.41) is 13.7. The molecule has 0 saturated heterocycles. The van der Waals surface area contributed by atoms with Gasteiger partial charge in [0, 0.05) is 13.1 Å². The van der Waals surface area contributed by atoms with Gasteiger partial charge in [-0.3, -0.25) is 0 Å².